The molecule has 2 aromatic heterocycles. The number of nitrogens with zero attached hydrogens (tertiary/aromatic N) is 2. The first kappa shape index (κ1) is 19.2. The number of hydrogen-bond acceptors (Lipinski definition) is 8. The third kappa shape index (κ3) is 3.76. The quantitative estimate of drug-likeness (QED) is 0.212. The van der Waals surface area contributed by atoms with Gasteiger partial charge in [-0.05, 0) is 18.4 Å². The SMILES string of the molecule is COc1cccc(OC(=O)c2sc3nc(SC)nc(-c4ccccc4)c3c2N)c1. The summed E-state index contributed by atoms with van der Waals surface area (Å²) >= 11 is 2.64. The van der Waals surface area contributed by atoms with Crippen molar-refractivity contribution in [3.05, 3.63) is 59.5 Å². The topological polar surface area (TPSA) is 87.3 Å². The van der Waals surface area contributed by atoms with Crippen molar-refractivity contribution in [1.29, 1.82) is 0 Å². The Labute approximate surface area is 175 Å². The monoisotopic (exact) mass is 423 g/mol. The maximum atomic E-state index is 12.8. The molecule has 0 aliphatic rings. The van der Waals surface area contributed by atoms with E-state index in [-0.39, 0.29) is 0 Å². The molecule has 0 spiro atoms. The second-order valence-corrected chi connectivity index (χ2v) is 7.79. The van der Waals surface area contributed by atoms with E-state index in [1.165, 1.54) is 23.1 Å². The van der Waals surface area contributed by atoms with Crippen LogP contribution in [0.5, 0.6) is 11.5 Å². The predicted molar refractivity (Wildman–Crippen MR) is 117 cm³/mol. The number of methoxy groups -OCH3 is 1. The lowest BCUT2D eigenvalue weighted by Gasteiger charge is -2.06. The van der Waals surface area contributed by atoms with E-state index >= 15 is 0 Å². The molecule has 0 saturated carbocycles. The smallest absolute Gasteiger partial charge is 0.355 e. The van der Waals surface area contributed by atoms with Crippen LogP contribution in [0.15, 0.2) is 59.8 Å². The molecule has 0 aliphatic carbocycles. The third-order valence-electron chi connectivity index (χ3n) is 4.23. The minimum Gasteiger partial charge on any atom is -0.497 e. The van der Waals surface area contributed by atoms with Gasteiger partial charge >= 0.3 is 5.97 Å². The van der Waals surface area contributed by atoms with Gasteiger partial charge in [0.1, 0.15) is 21.2 Å². The number of fused-ring (bicyclic) bond motifs is 1. The van der Waals surface area contributed by atoms with Crippen molar-refractivity contribution in [2.24, 2.45) is 0 Å². The van der Waals surface area contributed by atoms with E-state index < -0.39 is 5.97 Å². The van der Waals surface area contributed by atoms with Crippen LogP contribution in [0.3, 0.4) is 0 Å². The van der Waals surface area contributed by atoms with Crippen LogP contribution in [0.1, 0.15) is 9.67 Å². The maximum absolute atomic E-state index is 12.8. The molecular formula is C21H17N3O3S2. The summed E-state index contributed by atoms with van der Waals surface area (Å²) in [6, 6.07) is 16.6. The number of thioether (sulfide) groups is 1. The number of ether oxygens (including phenoxy) is 2. The zero-order valence-electron chi connectivity index (χ0n) is 15.7. The highest BCUT2D eigenvalue weighted by atomic mass is 32.2. The standard InChI is InChI=1S/C21H17N3O3S2/c1-26-13-9-6-10-14(11-13)27-20(25)18-16(22)15-17(12-7-4-3-5-8-12)23-21(28-2)24-19(15)29-18/h3-11H,22H2,1-2H3. The number of rotatable bonds is 5. The number of esters is 1. The lowest BCUT2D eigenvalue weighted by Crippen LogP contribution is -2.08. The van der Waals surface area contributed by atoms with Gasteiger partial charge in [-0.3, -0.25) is 0 Å². The van der Waals surface area contributed by atoms with Gasteiger partial charge in [0.25, 0.3) is 0 Å². The zero-order chi connectivity index (χ0) is 20.4. The summed E-state index contributed by atoms with van der Waals surface area (Å²) < 4.78 is 10.7. The van der Waals surface area contributed by atoms with E-state index in [0.717, 1.165) is 5.56 Å². The Balaban J connectivity index is 1.80. The van der Waals surface area contributed by atoms with Crippen LogP contribution in [-0.2, 0) is 0 Å². The molecule has 6 nitrogen and oxygen atoms in total. The van der Waals surface area contributed by atoms with E-state index in [4.69, 9.17) is 15.2 Å². The molecule has 8 heteroatoms. The van der Waals surface area contributed by atoms with Crippen molar-refractivity contribution in [1.82, 2.24) is 9.97 Å². The molecule has 0 bridgehead atoms. The molecule has 0 amide bonds. The van der Waals surface area contributed by atoms with E-state index in [1.807, 2.05) is 36.6 Å². The van der Waals surface area contributed by atoms with Gasteiger partial charge in [0.15, 0.2) is 5.16 Å². The van der Waals surface area contributed by atoms with Crippen molar-refractivity contribution >= 4 is 45.0 Å². The molecule has 0 radical (unpaired) electrons. The Bertz CT molecular complexity index is 1190. The molecule has 0 fully saturated rings. The minimum absolute atomic E-state index is 0.299. The van der Waals surface area contributed by atoms with Gasteiger partial charge in [0, 0.05) is 11.6 Å². The van der Waals surface area contributed by atoms with Crippen LogP contribution in [0.25, 0.3) is 21.5 Å². The molecule has 0 unspecified atom stereocenters. The Morgan fingerprint density at radius 3 is 2.55 bits per heavy atom. The Morgan fingerprint density at radius 1 is 1.07 bits per heavy atom. The second kappa shape index (κ2) is 8.10. The number of anilines is 1. The summed E-state index contributed by atoms with van der Waals surface area (Å²) in [5, 5.41) is 1.28. The molecule has 2 heterocycles. The maximum Gasteiger partial charge on any atom is 0.355 e. The summed E-state index contributed by atoms with van der Waals surface area (Å²) in [7, 11) is 1.55. The fourth-order valence-corrected chi connectivity index (χ4v) is 4.26. The third-order valence-corrected chi connectivity index (χ3v) is 5.86. The summed E-state index contributed by atoms with van der Waals surface area (Å²) in [5.74, 6) is 0.440. The molecular weight excluding hydrogens is 406 g/mol. The first-order valence-corrected chi connectivity index (χ1v) is 10.7. The molecule has 4 rings (SSSR count). The molecule has 146 valence electrons. The molecule has 29 heavy (non-hydrogen) atoms. The van der Waals surface area contributed by atoms with Crippen LogP contribution >= 0.6 is 23.1 Å². The predicted octanol–water partition coefficient (Wildman–Crippen LogP) is 4.89. The number of carbonyl (C=O) groups is 1. The highest BCUT2D eigenvalue weighted by Crippen LogP contribution is 2.39. The van der Waals surface area contributed by atoms with Gasteiger partial charge < -0.3 is 15.2 Å². The molecule has 0 saturated heterocycles. The van der Waals surface area contributed by atoms with Crippen LogP contribution in [0, 0.1) is 0 Å². The van der Waals surface area contributed by atoms with Crippen molar-refractivity contribution in [3.63, 3.8) is 0 Å². The largest absolute Gasteiger partial charge is 0.497 e. The lowest BCUT2D eigenvalue weighted by atomic mass is 10.1. The highest BCUT2D eigenvalue weighted by Gasteiger charge is 2.23. The van der Waals surface area contributed by atoms with Crippen molar-refractivity contribution in [2.75, 3.05) is 19.1 Å². The zero-order valence-corrected chi connectivity index (χ0v) is 17.3. The fraction of sp³-hybridized carbons (Fsp3) is 0.0952. The van der Waals surface area contributed by atoms with E-state index in [2.05, 4.69) is 9.97 Å². The average molecular weight is 424 g/mol. The highest BCUT2D eigenvalue weighted by molar-refractivity contribution is 7.98. The lowest BCUT2D eigenvalue weighted by molar-refractivity contribution is 0.0740. The van der Waals surface area contributed by atoms with Crippen LogP contribution in [0.2, 0.25) is 0 Å². The van der Waals surface area contributed by atoms with Crippen LogP contribution < -0.4 is 15.2 Å². The second-order valence-electron chi connectivity index (χ2n) is 6.02. The first-order chi connectivity index (χ1) is 14.1. The first-order valence-electron chi connectivity index (χ1n) is 8.66. The molecule has 2 N–H and O–H groups in total. The number of carbonyl (C=O) groups excluding carboxylic acids is 1. The summed E-state index contributed by atoms with van der Waals surface area (Å²) in [4.78, 5) is 23.0. The van der Waals surface area contributed by atoms with Gasteiger partial charge in [0.05, 0.1) is 23.9 Å². The van der Waals surface area contributed by atoms with Gasteiger partial charge in [-0.2, -0.15) is 0 Å². The molecule has 4 aromatic rings. The minimum atomic E-state index is -0.538. The summed E-state index contributed by atoms with van der Waals surface area (Å²) in [6.07, 6.45) is 1.91. The van der Waals surface area contributed by atoms with Gasteiger partial charge in [-0.1, -0.05) is 48.2 Å². The Hall–Kier alpha value is -3.10. The number of aromatic nitrogens is 2. The fourth-order valence-electron chi connectivity index (χ4n) is 2.87. The molecule has 2 aromatic carbocycles. The summed E-state index contributed by atoms with van der Waals surface area (Å²) in [6.45, 7) is 0. The van der Waals surface area contributed by atoms with Gasteiger partial charge in [-0.25, -0.2) is 14.8 Å². The van der Waals surface area contributed by atoms with Gasteiger partial charge in [-0.15, -0.1) is 11.3 Å². The van der Waals surface area contributed by atoms with Crippen molar-refractivity contribution < 1.29 is 14.3 Å². The Kier molecular flexibility index (Phi) is 5.37. The normalized spacial score (nSPS) is 10.8. The number of thiophene rings is 1. The number of nitrogens with two attached hydrogens (primary N) is 1. The molecule has 0 aliphatic heterocycles. The number of hydrogen-bond donors (Lipinski definition) is 1. The number of benzene rings is 2. The number of nitrogen functional groups attached to an aromatic ring is 1. The average Bonchev–Trinajstić information content (AvgIpc) is 3.10. The van der Waals surface area contributed by atoms with E-state index in [0.29, 0.717) is 43.1 Å². The van der Waals surface area contributed by atoms with Crippen LogP contribution in [-0.4, -0.2) is 29.3 Å². The van der Waals surface area contributed by atoms with Gasteiger partial charge in [0.2, 0.25) is 0 Å². The molecule has 0 atom stereocenters. The van der Waals surface area contributed by atoms with E-state index in [1.54, 1.807) is 31.4 Å². The summed E-state index contributed by atoms with van der Waals surface area (Å²) in [5.41, 5.74) is 8.31. The van der Waals surface area contributed by atoms with Crippen LogP contribution in [0.4, 0.5) is 5.69 Å². The van der Waals surface area contributed by atoms with Crippen molar-refractivity contribution in [3.8, 4) is 22.8 Å². The Morgan fingerprint density at radius 2 is 1.83 bits per heavy atom. The van der Waals surface area contributed by atoms with Crippen molar-refractivity contribution in [2.45, 2.75) is 5.16 Å². The van der Waals surface area contributed by atoms with E-state index in [9.17, 15) is 4.79 Å².